The molecule has 1 aromatic rings. The third-order valence-corrected chi connectivity index (χ3v) is 4.52. The number of aryl methyl sites for hydroxylation is 1. The van der Waals surface area contributed by atoms with Crippen molar-refractivity contribution in [3.63, 3.8) is 0 Å². The summed E-state index contributed by atoms with van der Waals surface area (Å²) >= 11 is 1.37. The SMILES string of the molecule is OC[C@@H]1O[C@H](SCCc2ccccc2)[C@@H](O)[C@H](O)[C@@H]1O. The first-order chi connectivity index (χ1) is 9.63. The van der Waals surface area contributed by atoms with Gasteiger partial charge in [0.05, 0.1) is 6.61 Å². The van der Waals surface area contributed by atoms with Crippen molar-refractivity contribution in [1.82, 2.24) is 0 Å². The van der Waals surface area contributed by atoms with Gasteiger partial charge >= 0.3 is 0 Å². The first kappa shape index (κ1) is 15.8. The van der Waals surface area contributed by atoms with E-state index in [-0.39, 0.29) is 6.61 Å². The molecule has 2 rings (SSSR count). The zero-order chi connectivity index (χ0) is 14.5. The molecule has 112 valence electrons. The van der Waals surface area contributed by atoms with E-state index < -0.39 is 29.9 Å². The highest BCUT2D eigenvalue weighted by atomic mass is 32.2. The van der Waals surface area contributed by atoms with Crippen molar-refractivity contribution >= 4 is 11.8 Å². The highest BCUT2D eigenvalue weighted by Crippen LogP contribution is 2.28. The van der Waals surface area contributed by atoms with Crippen molar-refractivity contribution in [1.29, 1.82) is 0 Å². The van der Waals surface area contributed by atoms with Gasteiger partial charge in [0, 0.05) is 0 Å². The normalized spacial score (nSPS) is 34.1. The van der Waals surface area contributed by atoms with Crippen LogP contribution >= 0.6 is 11.8 Å². The van der Waals surface area contributed by atoms with Crippen molar-refractivity contribution in [3.8, 4) is 0 Å². The van der Waals surface area contributed by atoms with Gasteiger partial charge in [-0.3, -0.25) is 0 Å². The number of rotatable bonds is 5. The van der Waals surface area contributed by atoms with Crippen molar-refractivity contribution in [2.45, 2.75) is 36.3 Å². The second-order valence-electron chi connectivity index (χ2n) is 4.80. The van der Waals surface area contributed by atoms with Crippen LogP contribution in [0.1, 0.15) is 5.56 Å². The highest BCUT2D eigenvalue weighted by molar-refractivity contribution is 7.99. The number of benzene rings is 1. The molecule has 1 aliphatic rings. The molecule has 1 heterocycles. The Hall–Kier alpha value is -0.630. The molecular formula is C14H20O5S. The Kier molecular flexibility index (Phi) is 5.83. The molecule has 5 nitrogen and oxygen atoms in total. The molecule has 1 aromatic carbocycles. The Morgan fingerprint density at radius 1 is 1.00 bits per heavy atom. The first-order valence-corrected chi connectivity index (χ1v) is 7.64. The van der Waals surface area contributed by atoms with Crippen molar-refractivity contribution in [2.24, 2.45) is 0 Å². The Morgan fingerprint density at radius 3 is 2.35 bits per heavy atom. The van der Waals surface area contributed by atoms with E-state index >= 15 is 0 Å². The maximum atomic E-state index is 9.88. The van der Waals surface area contributed by atoms with Crippen molar-refractivity contribution in [2.75, 3.05) is 12.4 Å². The van der Waals surface area contributed by atoms with Crippen molar-refractivity contribution in [3.05, 3.63) is 35.9 Å². The van der Waals surface area contributed by atoms with Crippen LogP contribution in [-0.4, -0.2) is 62.6 Å². The predicted molar refractivity (Wildman–Crippen MR) is 76.4 cm³/mol. The topological polar surface area (TPSA) is 90.2 Å². The smallest absolute Gasteiger partial charge is 0.132 e. The lowest BCUT2D eigenvalue weighted by Crippen LogP contribution is -2.57. The summed E-state index contributed by atoms with van der Waals surface area (Å²) in [5.41, 5.74) is 0.541. The summed E-state index contributed by atoms with van der Waals surface area (Å²) in [4.78, 5) is 0. The minimum absolute atomic E-state index is 0.388. The largest absolute Gasteiger partial charge is 0.394 e. The fourth-order valence-corrected chi connectivity index (χ4v) is 3.31. The molecule has 1 aliphatic heterocycles. The zero-order valence-electron chi connectivity index (χ0n) is 11.0. The molecule has 0 radical (unpaired) electrons. The van der Waals surface area contributed by atoms with Gasteiger partial charge in [-0.05, 0) is 17.7 Å². The van der Waals surface area contributed by atoms with Crippen LogP contribution in [0.5, 0.6) is 0 Å². The lowest BCUT2D eigenvalue weighted by Gasteiger charge is -2.39. The second kappa shape index (κ2) is 7.40. The maximum Gasteiger partial charge on any atom is 0.132 e. The number of aliphatic hydroxyl groups is 4. The minimum Gasteiger partial charge on any atom is -0.394 e. The van der Waals surface area contributed by atoms with Crippen LogP contribution in [0.2, 0.25) is 0 Å². The maximum absolute atomic E-state index is 9.88. The molecule has 0 amide bonds. The van der Waals surface area contributed by atoms with Gasteiger partial charge in [-0.2, -0.15) is 0 Å². The molecule has 0 spiro atoms. The molecular weight excluding hydrogens is 280 g/mol. The van der Waals surface area contributed by atoms with Gasteiger partial charge in [-0.15, -0.1) is 11.8 Å². The van der Waals surface area contributed by atoms with E-state index in [9.17, 15) is 15.3 Å². The van der Waals surface area contributed by atoms with Gasteiger partial charge in [0.2, 0.25) is 0 Å². The average molecular weight is 300 g/mol. The van der Waals surface area contributed by atoms with Crippen LogP contribution in [-0.2, 0) is 11.2 Å². The van der Waals surface area contributed by atoms with E-state index in [0.29, 0.717) is 5.75 Å². The zero-order valence-corrected chi connectivity index (χ0v) is 11.8. The van der Waals surface area contributed by atoms with E-state index in [1.165, 1.54) is 17.3 Å². The summed E-state index contributed by atoms with van der Waals surface area (Å²) in [5.74, 6) is 0.715. The Labute approximate surface area is 122 Å². The summed E-state index contributed by atoms with van der Waals surface area (Å²) in [5, 5.41) is 38.3. The molecule has 0 bridgehead atoms. The molecule has 1 saturated heterocycles. The van der Waals surface area contributed by atoms with E-state index in [4.69, 9.17) is 9.84 Å². The fourth-order valence-electron chi connectivity index (χ4n) is 2.14. The molecule has 6 heteroatoms. The molecule has 0 aliphatic carbocycles. The van der Waals surface area contributed by atoms with E-state index in [1.807, 2.05) is 30.3 Å². The minimum atomic E-state index is -1.30. The quantitative estimate of drug-likeness (QED) is 0.600. The van der Waals surface area contributed by atoms with Gasteiger partial charge in [0.1, 0.15) is 29.9 Å². The van der Waals surface area contributed by atoms with Crippen LogP contribution in [0.3, 0.4) is 0 Å². The summed E-state index contributed by atoms with van der Waals surface area (Å²) in [6, 6.07) is 9.93. The van der Waals surface area contributed by atoms with Crippen LogP contribution in [0, 0.1) is 0 Å². The van der Waals surface area contributed by atoms with Crippen molar-refractivity contribution < 1.29 is 25.2 Å². The van der Waals surface area contributed by atoms with Gasteiger partial charge in [-0.1, -0.05) is 30.3 Å². The summed E-state index contributed by atoms with van der Waals surface area (Å²) in [7, 11) is 0. The summed E-state index contributed by atoms with van der Waals surface area (Å²) in [6.45, 7) is -0.388. The van der Waals surface area contributed by atoms with Gasteiger partial charge in [-0.25, -0.2) is 0 Å². The Bertz CT molecular complexity index is 400. The number of thioether (sulfide) groups is 1. The van der Waals surface area contributed by atoms with Crippen LogP contribution in [0.4, 0.5) is 0 Å². The number of aliphatic hydroxyl groups excluding tert-OH is 4. The third-order valence-electron chi connectivity index (χ3n) is 3.36. The lowest BCUT2D eigenvalue weighted by molar-refractivity contribution is -0.205. The van der Waals surface area contributed by atoms with Gasteiger partial charge < -0.3 is 25.2 Å². The first-order valence-electron chi connectivity index (χ1n) is 6.59. The molecule has 5 atom stereocenters. The van der Waals surface area contributed by atoms with Crippen LogP contribution < -0.4 is 0 Å². The van der Waals surface area contributed by atoms with Gasteiger partial charge in [0.25, 0.3) is 0 Å². The summed E-state index contributed by atoms with van der Waals surface area (Å²) < 4.78 is 5.42. The highest BCUT2D eigenvalue weighted by Gasteiger charge is 2.43. The van der Waals surface area contributed by atoms with Crippen LogP contribution in [0.15, 0.2) is 30.3 Å². The van der Waals surface area contributed by atoms with E-state index in [1.54, 1.807) is 0 Å². The molecule has 20 heavy (non-hydrogen) atoms. The predicted octanol–water partition coefficient (Wildman–Crippen LogP) is -0.238. The van der Waals surface area contributed by atoms with Crippen LogP contribution in [0.25, 0.3) is 0 Å². The Balaban J connectivity index is 1.85. The van der Waals surface area contributed by atoms with E-state index in [0.717, 1.165) is 6.42 Å². The number of hydrogen-bond donors (Lipinski definition) is 4. The molecule has 4 N–H and O–H groups in total. The summed E-state index contributed by atoms with van der Waals surface area (Å²) in [6.07, 6.45) is -3.76. The molecule has 1 fully saturated rings. The molecule has 0 aromatic heterocycles. The molecule has 0 saturated carbocycles. The van der Waals surface area contributed by atoms with Gasteiger partial charge in [0.15, 0.2) is 0 Å². The molecule has 0 unspecified atom stereocenters. The lowest BCUT2D eigenvalue weighted by atomic mass is 10.0. The average Bonchev–Trinajstić information content (AvgIpc) is 2.48. The third kappa shape index (κ3) is 3.72. The fraction of sp³-hybridized carbons (Fsp3) is 0.571. The Morgan fingerprint density at radius 2 is 1.70 bits per heavy atom. The number of hydrogen-bond acceptors (Lipinski definition) is 6. The number of ether oxygens (including phenoxy) is 1. The second-order valence-corrected chi connectivity index (χ2v) is 6.01. The van der Waals surface area contributed by atoms with E-state index in [2.05, 4.69) is 0 Å². The standard InChI is InChI=1S/C14H20O5S/c15-8-10-11(16)12(17)13(18)14(19-10)20-7-6-9-4-2-1-3-5-9/h1-5,10-18H,6-8H2/t10-,11+,12+,13-,14+/m0/s1. The monoisotopic (exact) mass is 300 g/mol.